The first-order chi connectivity index (χ1) is 18.4. The van der Waals surface area contributed by atoms with Crippen LogP contribution >= 0.6 is 0 Å². The fourth-order valence-electron chi connectivity index (χ4n) is 4.02. The van der Waals surface area contributed by atoms with Gasteiger partial charge in [-0.15, -0.1) is 0 Å². The normalized spacial score (nSPS) is 15.1. The maximum absolute atomic E-state index is 13.2. The third kappa shape index (κ3) is 9.35. The summed E-state index contributed by atoms with van der Waals surface area (Å²) in [5, 5.41) is 2.45. The fourth-order valence-corrected chi connectivity index (χ4v) is 5.72. The first kappa shape index (κ1) is 30.1. The van der Waals surface area contributed by atoms with E-state index in [1.54, 1.807) is 25.7 Å². The molecule has 0 unspecified atom stereocenters. The van der Waals surface area contributed by atoms with Crippen LogP contribution in [0.1, 0.15) is 44.0 Å². The van der Waals surface area contributed by atoms with Crippen molar-refractivity contribution in [3.05, 3.63) is 71.8 Å². The summed E-state index contributed by atoms with van der Waals surface area (Å²) in [5.74, 6) is -0.407. The quantitative estimate of drug-likeness (QED) is 0.465. The lowest BCUT2D eigenvalue weighted by Gasteiger charge is -2.32. The van der Waals surface area contributed by atoms with Gasteiger partial charge in [0.25, 0.3) is 5.91 Å². The van der Waals surface area contributed by atoms with E-state index in [0.29, 0.717) is 43.6 Å². The van der Waals surface area contributed by atoms with Crippen molar-refractivity contribution in [1.29, 1.82) is 0 Å². The summed E-state index contributed by atoms with van der Waals surface area (Å²) in [6, 6.07) is 11.2. The van der Waals surface area contributed by atoms with E-state index in [1.807, 2.05) is 0 Å². The van der Waals surface area contributed by atoms with Gasteiger partial charge in [-0.3, -0.25) is 4.79 Å². The molecule has 2 amide bonds. The molecule has 1 aliphatic rings. The van der Waals surface area contributed by atoms with Gasteiger partial charge in [0.15, 0.2) is 9.84 Å². The summed E-state index contributed by atoms with van der Waals surface area (Å²) in [6.45, 7) is 5.75. The van der Waals surface area contributed by atoms with E-state index in [4.69, 9.17) is 9.47 Å². The van der Waals surface area contributed by atoms with Crippen LogP contribution in [0.5, 0.6) is 5.75 Å². The lowest BCUT2D eigenvalue weighted by Crippen LogP contribution is -2.39. The van der Waals surface area contributed by atoms with E-state index >= 15 is 0 Å². The van der Waals surface area contributed by atoms with E-state index in [0.717, 1.165) is 0 Å². The fraction of sp³-hybridized carbons (Fsp3) is 0.429. The summed E-state index contributed by atoms with van der Waals surface area (Å²) in [7, 11) is -3.57. The monoisotopic (exact) mass is 564 g/mol. The van der Waals surface area contributed by atoms with Crippen molar-refractivity contribution < 1.29 is 36.3 Å². The number of benzene rings is 2. The van der Waals surface area contributed by atoms with Gasteiger partial charge in [0.05, 0.1) is 17.0 Å². The molecule has 212 valence electrons. The first-order valence-corrected chi connectivity index (χ1v) is 14.3. The number of likely N-dealkylation sites (tertiary alicyclic amines) is 1. The molecule has 0 atom stereocenters. The maximum Gasteiger partial charge on any atom is 0.407 e. The number of sulfone groups is 1. The van der Waals surface area contributed by atoms with Crippen LogP contribution in [0.4, 0.5) is 13.6 Å². The number of hydrogen-bond acceptors (Lipinski definition) is 6. The number of nitrogens with one attached hydrogen (secondary N) is 1. The molecule has 0 bridgehead atoms. The van der Waals surface area contributed by atoms with Crippen molar-refractivity contribution in [2.75, 3.05) is 32.0 Å². The Morgan fingerprint density at radius 1 is 1.05 bits per heavy atom. The number of amides is 2. The van der Waals surface area contributed by atoms with Crippen molar-refractivity contribution in [3.8, 4) is 5.75 Å². The summed E-state index contributed by atoms with van der Waals surface area (Å²) in [4.78, 5) is 26.1. The highest BCUT2D eigenvalue weighted by Crippen LogP contribution is 2.25. The average molecular weight is 565 g/mol. The van der Waals surface area contributed by atoms with Gasteiger partial charge in [-0.1, -0.05) is 0 Å². The van der Waals surface area contributed by atoms with Gasteiger partial charge in [-0.05, 0) is 88.1 Å². The number of halogens is 2. The van der Waals surface area contributed by atoms with Crippen molar-refractivity contribution >= 4 is 21.8 Å². The number of alkyl carbamates (subject to hydrolysis) is 1. The predicted molar refractivity (Wildman–Crippen MR) is 142 cm³/mol. The Morgan fingerprint density at radius 3 is 2.23 bits per heavy atom. The third-order valence-corrected chi connectivity index (χ3v) is 7.97. The van der Waals surface area contributed by atoms with Gasteiger partial charge in [0.1, 0.15) is 23.8 Å². The van der Waals surface area contributed by atoms with Crippen molar-refractivity contribution in [1.82, 2.24) is 10.2 Å². The molecule has 1 fully saturated rings. The molecule has 2 aromatic rings. The van der Waals surface area contributed by atoms with Gasteiger partial charge in [-0.2, -0.15) is 0 Å². The summed E-state index contributed by atoms with van der Waals surface area (Å²) < 4.78 is 62.9. The molecule has 1 saturated heterocycles. The molecular weight excluding hydrogens is 530 g/mol. The summed E-state index contributed by atoms with van der Waals surface area (Å²) >= 11 is 0. The van der Waals surface area contributed by atoms with Gasteiger partial charge in [0.2, 0.25) is 0 Å². The number of ether oxygens (including phenoxy) is 2. The van der Waals surface area contributed by atoms with E-state index in [-0.39, 0.29) is 41.2 Å². The van der Waals surface area contributed by atoms with Crippen molar-refractivity contribution in [2.24, 2.45) is 5.92 Å². The second-order valence-electron chi connectivity index (χ2n) is 10.4. The molecule has 0 spiro atoms. The zero-order valence-corrected chi connectivity index (χ0v) is 23.1. The molecule has 39 heavy (non-hydrogen) atoms. The Kier molecular flexibility index (Phi) is 10.1. The van der Waals surface area contributed by atoms with E-state index in [1.165, 1.54) is 48.5 Å². The molecule has 8 nitrogen and oxygen atoms in total. The summed E-state index contributed by atoms with van der Waals surface area (Å²) in [5.41, 5.74) is -0.107. The van der Waals surface area contributed by atoms with E-state index < -0.39 is 27.3 Å². The molecule has 0 aliphatic carbocycles. The highest BCUT2D eigenvalue weighted by Gasteiger charge is 2.28. The second kappa shape index (κ2) is 13.1. The minimum Gasteiger partial charge on any atom is -0.489 e. The molecule has 3 rings (SSSR count). The lowest BCUT2D eigenvalue weighted by molar-refractivity contribution is 0.0531. The maximum atomic E-state index is 13.2. The van der Waals surface area contributed by atoms with E-state index in [2.05, 4.69) is 5.32 Å². The molecule has 1 heterocycles. The Bertz CT molecular complexity index is 1260. The Morgan fingerprint density at radius 2 is 1.67 bits per heavy atom. The largest absolute Gasteiger partial charge is 0.489 e. The Hall–Kier alpha value is -3.47. The Balaban J connectivity index is 1.47. The summed E-state index contributed by atoms with van der Waals surface area (Å²) in [6.07, 6.45) is 0.752. The number of piperidine rings is 1. The SMILES string of the molecule is CC(C)(C)OC(=O)NC/C(=C\F)COc1ccc(S(=O)(=O)CC2CCN(C(=O)c3ccc(F)cc3)CC2)cc1. The second-order valence-corrected chi connectivity index (χ2v) is 12.4. The molecule has 11 heteroatoms. The molecule has 1 N–H and O–H groups in total. The molecule has 1 aliphatic heterocycles. The minimum atomic E-state index is -3.57. The molecule has 0 radical (unpaired) electrons. The zero-order chi connectivity index (χ0) is 28.6. The van der Waals surface area contributed by atoms with Crippen LogP contribution in [0, 0.1) is 11.7 Å². The molecule has 0 saturated carbocycles. The molecular formula is C28H34F2N2O6S. The highest BCUT2D eigenvalue weighted by atomic mass is 32.2. The lowest BCUT2D eigenvalue weighted by atomic mass is 9.98. The molecule has 0 aromatic heterocycles. The van der Waals surface area contributed by atoms with Crippen LogP contribution in [0.25, 0.3) is 0 Å². The third-order valence-electron chi connectivity index (χ3n) is 6.07. The van der Waals surface area contributed by atoms with Crippen LogP contribution in [-0.4, -0.2) is 62.9 Å². The standard InChI is InChI=1S/C28H34F2N2O6S/c1-28(2,3)38-27(34)31-17-21(16-29)18-37-24-8-10-25(11-9-24)39(35,36)19-20-12-14-32(15-13-20)26(33)22-4-6-23(30)7-5-22/h4-11,16,20H,12-15,17-19H2,1-3H3,(H,31,34)/b21-16+. The predicted octanol–water partition coefficient (Wildman–Crippen LogP) is 4.91. The van der Waals surface area contributed by atoms with Gasteiger partial charge in [-0.25, -0.2) is 22.0 Å². The van der Waals surface area contributed by atoms with Crippen molar-refractivity contribution in [2.45, 2.75) is 44.1 Å². The van der Waals surface area contributed by atoms with Crippen molar-refractivity contribution in [3.63, 3.8) is 0 Å². The number of carbonyl (C=O) groups excluding carboxylic acids is 2. The van der Waals surface area contributed by atoms with Crippen LogP contribution in [0.3, 0.4) is 0 Å². The molecule has 2 aromatic carbocycles. The highest BCUT2D eigenvalue weighted by molar-refractivity contribution is 7.91. The smallest absolute Gasteiger partial charge is 0.407 e. The Labute approximate surface area is 227 Å². The van der Waals surface area contributed by atoms with Crippen LogP contribution in [0.15, 0.2) is 65.3 Å². The van der Waals surface area contributed by atoms with Crippen LogP contribution in [0.2, 0.25) is 0 Å². The minimum absolute atomic E-state index is 0.0448. The number of rotatable bonds is 9. The number of carbonyl (C=O) groups is 2. The number of hydrogen-bond donors (Lipinski definition) is 1. The van der Waals surface area contributed by atoms with Gasteiger partial charge in [0, 0.05) is 30.8 Å². The van der Waals surface area contributed by atoms with Crippen LogP contribution in [-0.2, 0) is 14.6 Å². The average Bonchev–Trinajstić information content (AvgIpc) is 2.88. The van der Waals surface area contributed by atoms with Gasteiger partial charge >= 0.3 is 6.09 Å². The zero-order valence-electron chi connectivity index (χ0n) is 22.3. The van der Waals surface area contributed by atoms with Crippen LogP contribution < -0.4 is 10.1 Å². The van der Waals surface area contributed by atoms with E-state index in [9.17, 15) is 26.8 Å². The topological polar surface area (TPSA) is 102 Å². The first-order valence-electron chi connectivity index (χ1n) is 12.6. The number of nitrogens with zero attached hydrogens (tertiary/aromatic N) is 1. The van der Waals surface area contributed by atoms with Gasteiger partial charge < -0.3 is 19.7 Å².